The predicted octanol–water partition coefficient (Wildman–Crippen LogP) is 2.05. The molecule has 0 atom stereocenters. The number of allylic oxidation sites excluding steroid dienone is 1. The molecule has 0 aliphatic heterocycles. The second-order valence-corrected chi connectivity index (χ2v) is 3.26. The lowest BCUT2D eigenvalue weighted by Gasteiger charge is -2.28. The van der Waals surface area contributed by atoms with Crippen LogP contribution in [0, 0.1) is 0 Å². The summed E-state index contributed by atoms with van der Waals surface area (Å²) in [5.74, 6) is 0. The van der Waals surface area contributed by atoms with Crippen molar-refractivity contribution in [3.8, 4) is 0 Å². The molecule has 2 nitrogen and oxygen atoms in total. The molecular weight excluding hydrogens is 162 g/mol. The zero-order chi connectivity index (χ0) is 10.1. The lowest BCUT2D eigenvalue weighted by Crippen LogP contribution is -2.36. The van der Waals surface area contributed by atoms with Gasteiger partial charge in [0.05, 0.1) is 6.61 Å². The van der Waals surface area contributed by atoms with Crippen LogP contribution in [-0.4, -0.2) is 35.7 Å². The van der Waals surface area contributed by atoms with E-state index in [4.69, 9.17) is 5.11 Å². The zero-order valence-electron chi connectivity index (χ0n) is 9.16. The first kappa shape index (κ1) is 12.7. The summed E-state index contributed by atoms with van der Waals surface area (Å²) in [7, 11) is 0. The van der Waals surface area contributed by atoms with Crippen LogP contribution < -0.4 is 0 Å². The van der Waals surface area contributed by atoms with Gasteiger partial charge in [-0.3, -0.25) is 4.90 Å². The quantitative estimate of drug-likeness (QED) is 0.614. The van der Waals surface area contributed by atoms with E-state index in [-0.39, 0.29) is 6.61 Å². The predicted molar refractivity (Wildman–Crippen MR) is 57.8 cm³/mol. The van der Waals surface area contributed by atoms with Gasteiger partial charge >= 0.3 is 0 Å². The van der Waals surface area contributed by atoms with E-state index in [1.807, 2.05) is 6.92 Å². The maximum absolute atomic E-state index is 8.91. The number of rotatable bonds is 7. The summed E-state index contributed by atoms with van der Waals surface area (Å²) < 4.78 is 0. The Morgan fingerprint density at radius 1 is 1.31 bits per heavy atom. The molecule has 0 aliphatic rings. The third kappa shape index (κ3) is 5.06. The molecule has 78 valence electrons. The minimum atomic E-state index is 0.258. The van der Waals surface area contributed by atoms with Crippen molar-refractivity contribution in [3.63, 3.8) is 0 Å². The van der Waals surface area contributed by atoms with Crippen molar-refractivity contribution < 1.29 is 5.11 Å². The summed E-state index contributed by atoms with van der Waals surface area (Å²) in [5, 5.41) is 8.91. The van der Waals surface area contributed by atoms with Crippen LogP contribution in [0.2, 0.25) is 0 Å². The average Bonchev–Trinajstić information content (AvgIpc) is 2.16. The fourth-order valence-corrected chi connectivity index (χ4v) is 1.60. The van der Waals surface area contributed by atoms with Gasteiger partial charge in [-0.15, -0.1) is 0 Å². The van der Waals surface area contributed by atoms with Crippen LogP contribution in [-0.2, 0) is 0 Å². The zero-order valence-corrected chi connectivity index (χ0v) is 9.16. The van der Waals surface area contributed by atoms with Crippen molar-refractivity contribution in [3.05, 3.63) is 12.2 Å². The maximum atomic E-state index is 8.91. The third-order valence-electron chi connectivity index (χ3n) is 2.42. The smallest absolute Gasteiger partial charge is 0.0558 e. The first-order valence-corrected chi connectivity index (χ1v) is 5.26. The molecule has 0 aromatic rings. The van der Waals surface area contributed by atoms with Crippen LogP contribution >= 0.6 is 0 Å². The molecule has 0 amide bonds. The molecule has 0 bridgehead atoms. The van der Waals surface area contributed by atoms with Crippen LogP contribution in [0.4, 0.5) is 0 Å². The number of aliphatic hydroxyl groups excluding tert-OH is 1. The summed E-state index contributed by atoms with van der Waals surface area (Å²) in [6.07, 6.45) is 6.53. The summed E-state index contributed by atoms with van der Waals surface area (Å²) in [6.45, 7) is 8.45. The Bertz CT molecular complexity index is 130. The van der Waals surface area contributed by atoms with Gasteiger partial charge in [0.2, 0.25) is 0 Å². The Labute approximate surface area is 82.3 Å². The molecule has 2 heteroatoms. The highest BCUT2D eigenvalue weighted by Crippen LogP contribution is 2.07. The van der Waals surface area contributed by atoms with E-state index < -0.39 is 0 Å². The monoisotopic (exact) mass is 185 g/mol. The van der Waals surface area contributed by atoms with E-state index in [0.29, 0.717) is 6.04 Å². The summed E-state index contributed by atoms with van der Waals surface area (Å²) in [4.78, 5) is 2.33. The van der Waals surface area contributed by atoms with Gasteiger partial charge in [-0.05, 0) is 19.8 Å². The Morgan fingerprint density at radius 3 is 2.31 bits per heavy atom. The lowest BCUT2D eigenvalue weighted by molar-refractivity contribution is 0.157. The van der Waals surface area contributed by atoms with E-state index in [1.54, 1.807) is 0 Å². The van der Waals surface area contributed by atoms with Gasteiger partial charge in [-0.2, -0.15) is 0 Å². The number of nitrogens with zero attached hydrogens (tertiary/aromatic N) is 1. The summed E-state index contributed by atoms with van der Waals surface area (Å²) >= 11 is 0. The molecule has 0 saturated carbocycles. The minimum Gasteiger partial charge on any atom is -0.395 e. The molecule has 13 heavy (non-hydrogen) atoms. The molecule has 0 aromatic carbocycles. The van der Waals surface area contributed by atoms with Gasteiger partial charge in [-0.1, -0.05) is 26.0 Å². The van der Waals surface area contributed by atoms with E-state index in [9.17, 15) is 0 Å². The maximum Gasteiger partial charge on any atom is 0.0558 e. The largest absolute Gasteiger partial charge is 0.395 e. The molecule has 0 rings (SSSR count). The van der Waals surface area contributed by atoms with Crippen molar-refractivity contribution in [2.45, 2.75) is 39.7 Å². The van der Waals surface area contributed by atoms with E-state index in [2.05, 4.69) is 30.9 Å². The molecule has 0 unspecified atom stereocenters. The first-order valence-electron chi connectivity index (χ1n) is 5.26. The Hall–Kier alpha value is -0.340. The van der Waals surface area contributed by atoms with E-state index in [0.717, 1.165) is 25.9 Å². The second-order valence-electron chi connectivity index (χ2n) is 3.26. The van der Waals surface area contributed by atoms with Crippen molar-refractivity contribution in [2.24, 2.45) is 0 Å². The Morgan fingerprint density at radius 2 is 1.92 bits per heavy atom. The highest BCUT2D eigenvalue weighted by atomic mass is 16.3. The fourth-order valence-electron chi connectivity index (χ4n) is 1.60. The molecule has 0 heterocycles. The lowest BCUT2D eigenvalue weighted by atomic mass is 10.1. The Balaban J connectivity index is 4.03. The van der Waals surface area contributed by atoms with Crippen LogP contribution in [0.15, 0.2) is 12.2 Å². The minimum absolute atomic E-state index is 0.258. The van der Waals surface area contributed by atoms with Gasteiger partial charge in [0, 0.05) is 19.1 Å². The Kier molecular flexibility index (Phi) is 8.05. The van der Waals surface area contributed by atoms with Gasteiger partial charge in [0.15, 0.2) is 0 Å². The molecule has 1 N–H and O–H groups in total. The fraction of sp³-hybridized carbons (Fsp3) is 0.818. The van der Waals surface area contributed by atoms with Gasteiger partial charge < -0.3 is 5.11 Å². The molecular formula is C11H23NO. The van der Waals surface area contributed by atoms with E-state index >= 15 is 0 Å². The van der Waals surface area contributed by atoms with Crippen molar-refractivity contribution in [1.82, 2.24) is 4.90 Å². The molecule has 0 radical (unpaired) electrons. The van der Waals surface area contributed by atoms with Gasteiger partial charge in [0.25, 0.3) is 0 Å². The first-order chi connectivity index (χ1) is 6.29. The molecule has 0 fully saturated rings. The molecule has 0 aliphatic carbocycles. The highest BCUT2D eigenvalue weighted by Gasteiger charge is 2.12. The number of aliphatic hydroxyl groups is 1. The number of hydrogen-bond donors (Lipinski definition) is 1. The second kappa shape index (κ2) is 8.27. The normalized spacial score (nSPS) is 12.2. The van der Waals surface area contributed by atoms with Gasteiger partial charge in [-0.25, -0.2) is 0 Å². The highest BCUT2D eigenvalue weighted by molar-refractivity contribution is 4.83. The van der Waals surface area contributed by atoms with Crippen molar-refractivity contribution in [1.29, 1.82) is 0 Å². The van der Waals surface area contributed by atoms with Crippen molar-refractivity contribution in [2.75, 3.05) is 19.7 Å². The SMILES string of the molecule is CC=CCN(CCO)C(CC)CC. The van der Waals surface area contributed by atoms with Crippen LogP contribution in [0.25, 0.3) is 0 Å². The van der Waals surface area contributed by atoms with Crippen molar-refractivity contribution >= 4 is 0 Å². The van der Waals surface area contributed by atoms with E-state index in [1.165, 1.54) is 0 Å². The van der Waals surface area contributed by atoms with Crippen LogP contribution in [0.1, 0.15) is 33.6 Å². The topological polar surface area (TPSA) is 23.5 Å². The van der Waals surface area contributed by atoms with Crippen LogP contribution in [0.5, 0.6) is 0 Å². The molecule has 0 aromatic heterocycles. The molecule has 0 saturated heterocycles. The third-order valence-corrected chi connectivity index (χ3v) is 2.42. The standard InChI is InChI=1S/C11H23NO/c1-4-7-8-12(9-10-13)11(5-2)6-3/h4,7,11,13H,5-6,8-10H2,1-3H3. The number of hydrogen-bond acceptors (Lipinski definition) is 2. The summed E-state index contributed by atoms with van der Waals surface area (Å²) in [5.41, 5.74) is 0. The molecule has 0 spiro atoms. The average molecular weight is 185 g/mol. The van der Waals surface area contributed by atoms with Gasteiger partial charge in [0.1, 0.15) is 0 Å². The van der Waals surface area contributed by atoms with Crippen LogP contribution in [0.3, 0.4) is 0 Å². The summed E-state index contributed by atoms with van der Waals surface area (Å²) in [6, 6.07) is 0.614.